The number of aromatic carboxylic acids is 1. The van der Waals surface area contributed by atoms with Gasteiger partial charge in [-0.3, -0.25) is 4.79 Å². The number of carboxylic acids is 1. The second kappa shape index (κ2) is 6.76. The number of benzene rings is 3. The summed E-state index contributed by atoms with van der Waals surface area (Å²) in [6.45, 7) is 0. The molecule has 0 unspecified atom stereocenters. The predicted molar refractivity (Wildman–Crippen MR) is 97.1 cm³/mol. The minimum Gasteiger partial charge on any atom is -0.478 e. The van der Waals surface area contributed by atoms with Gasteiger partial charge in [0, 0.05) is 21.5 Å². The highest BCUT2D eigenvalue weighted by Gasteiger charge is 2.16. The summed E-state index contributed by atoms with van der Waals surface area (Å²) in [5.41, 5.74) is 1.14. The van der Waals surface area contributed by atoms with E-state index >= 15 is 0 Å². The van der Waals surface area contributed by atoms with Crippen LogP contribution in [0.5, 0.6) is 0 Å². The summed E-state index contributed by atoms with van der Waals surface area (Å²) < 4.78 is 0. The number of thioether (sulfide) groups is 1. The van der Waals surface area contributed by atoms with Gasteiger partial charge in [-0.25, -0.2) is 4.79 Å². The smallest absolute Gasteiger partial charge is 0.336 e. The molecule has 0 saturated carbocycles. The average Bonchev–Trinajstić information content (AvgIpc) is 2.61. The third-order valence-electron chi connectivity index (χ3n) is 3.73. The zero-order valence-corrected chi connectivity index (χ0v) is 13.8. The van der Waals surface area contributed by atoms with Crippen LogP contribution in [-0.4, -0.2) is 23.2 Å². The summed E-state index contributed by atoms with van der Waals surface area (Å²) in [6.07, 6.45) is 1.98. The topological polar surface area (TPSA) is 66.4 Å². The maximum atomic E-state index is 12.6. The molecule has 24 heavy (non-hydrogen) atoms. The highest BCUT2D eigenvalue weighted by molar-refractivity contribution is 7.98. The first kappa shape index (κ1) is 16.1. The van der Waals surface area contributed by atoms with Crippen molar-refractivity contribution >= 4 is 40.1 Å². The summed E-state index contributed by atoms with van der Waals surface area (Å²) in [6, 6.07) is 17.7. The van der Waals surface area contributed by atoms with Crippen molar-refractivity contribution in [2.24, 2.45) is 0 Å². The molecule has 0 aliphatic heterocycles. The van der Waals surface area contributed by atoms with E-state index in [9.17, 15) is 14.7 Å². The Balaban J connectivity index is 2.01. The van der Waals surface area contributed by atoms with Crippen LogP contribution in [0.15, 0.2) is 65.6 Å². The van der Waals surface area contributed by atoms with Crippen molar-refractivity contribution in [3.63, 3.8) is 0 Å². The molecule has 0 bridgehead atoms. The van der Waals surface area contributed by atoms with Gasteiger partial charge in [0.2, 0.25) is 0 Å². The van der Waals surface area contributed by atoms with E-state index in [4.69, 9.17) is 0 Å². The van der Waals surface area contributed by atoms with Gasteiger partial charge in [0.05, 0.1) is 5.56 Å². The van der Waals surface area contributed by atoms with Crippen molar-refractivity contribution < 1.29 is 14.7 Å². The van der Waals surface area contributed by atoms with E-state index in [0.717, 1.165) is 10.3 Å². The molecule has 0 fully saturated rings. The van der Waals surface area contributed by atoms with E-state index in [1.54, 1.807) is 42.1 Å². The Morgan fingerprint density at radius 1 is 0.917 bits per heavy atom. The van der Waals surface area contributed by atoms with Gasteiger partial charge in [0.25, 0.3) is 5.91 Å². The Bertz CT molecular complexity index is 914. The largest absolute Gasteiger partial charge is 0.478 e. The van der Waals surface area contributed by atoms with Gasteiger partial charge in [-0.2, -0.15) is 0 Å². The molecule has 1 amide bonds. The third-order valence-corrected chi connectivity index (χ3v) is 4.47. The molecular weight excluding hydrogens is 322 g/mol. The molecule has 0 heterocycles. The maximum Gasteiger partial charge on any atom is 0.336 e. The number of fused-ring (bicyclic) bond motifs is 1. The van der Waals surface area contributed by atoms with E-state index in [0.29, 0.717) is 16.6 Å². The fraction of sp³-hybridized carbons (Fsp3) is 0.0526. The summed E-state index contributed by atoms with van der Waals surface area (Å²) in [7, 11) is 0. The molecule has 3 rings (SSSR count). The SMILES string of the molecule is CSc1ccc(NC(=O)c2cccc3cccc(C(=O)O)c23)cc1. The molecule has 0 saturated heterocycles. The lowest BCUT2D eigenvalue weighted by Crippen LogP contribution is -2.13. The monoisotopic (exact) mass is 337 g/mol. The van der Waals surface area contributed by atoms with Gasteiger partial charge in [-0.05, 0) is 48.0 Å². The first-order valence-electron chi connectivity index (χ1n) is 7.30. The average molecular weight is 337 g/mol. The lowest BCUT2D eigenvalue weighted by atomic mass is 9.98. The van der Waals surface area contributed by atoms with E-state index in [1.807, 2.05) is 30.5 Å². The van der Waals surface area contributed by atoms with Crippen LogP contribution >= 0.6 is 11.8 Å². The number of hydrogen-bond donors (Lipinski definition) is 2. The Morgan fingerprint density at radius 2 is 1.54 bits per heavy atom. The Morgan fingerprint density at radius 3 is 2.12 bits per heavy atom. The summed E-state index contributed by atoms with van der Waals surface area (Å²) in [5.74, 6) is -1.38. The molecule has 3 aromatic carbocycles. The van der Waals surface area contributed by atoms with Crippen molar-refractivity contribution in [3.8, 4) is 0 Å². The Hall–Kier alpha value is -2.79. The van der Waals surface area contributed by atoms with Crippen LogP contribution in [0.3, 0.4) is 0 Å². The van der Waals surface area contributed by atoms with Crippen LogP contribution < -0.4 is 5.32 Å². The van der Waals surface area contributed by atoms with Crippen molar-refractivity contribution in [2.75, 3.05) is 11.6 Å². The second-order valence-electron chi connectivity index (χ2n) is 5.20. The molecule has 0 spiro atoms. The molecule has 4 nitrogen and oxygen atoms in total. The van der Waals surface area contributed by atoms with Gasteiger partial charge in [0.1, 0.15) is 0 Å². The maximum absolute atomic E-state index is 12.6. The van der Waals surface area contributed by atoms with Crippen LogP contribution in [-0.2, 0) is 0 Å². The van der Waals surface area contributed by atoms with Crippen LogP contribution in [0.25, 0.3) is 10.8 Å². The number of anilines is 1. The third kappa shape index (κ3) is 3.12. The van der Waals surface area contributed by atoms with Crippen molar-refractivity contribution in [1.82, 2.24) is 0 Å². The Kier molecular flexibility index (Phi) is 4.53. The predicted octanol–water partition coefficient (Wildman–Crippen LogP) is 4.51. The fourth-order valence-electron chi connectivity index (χ4n) is 2.58. The minimum absolute atomic E-state index is 0.121. The van der Waals surface area contributed by atoms with Gasteiger partial charge in [-0.15, -0.1) is 11.8 Å². The first-order valence-corrected chi connectivity index (χ1v) is 8.53. The van der Waals surface area contributed by atoms with Crippen LogP contribution in [0.2, 0.25) is 0 Å². The van der Waals surface area contributed by atoms with Crippen LogP contribution in [0, 0.1) is 0 Å². The van der Waals surface area contributed by atoms with Gasteiger partial charge in [0.15, 0.2) is 0 Å². The molecule has 0 aliphatic carbocycles. The van der Waals surface area contributed by atoms with E-state index < -0.39 is 5.97 Å². The number of rotatable bonds is 4. The lowest BCUT2D eigenvalue weighted by Gasteiger charge is -2.10. The fourth-order valence-corrected chi connectivity index (χ4v) is 2.99. The van der Waals surface area contributed by atoms with Crippen molar-refractivity contribution in [3.05, 3.63) is 71.8 Å². The highest BCUT2D eigenvalue weighted by Crippen LogP contribution is 2.25. The van der Waals surface area contributed by atoms with Crippen LogP contribution in [0.1, 0.15) is 20.7 Å². The number of hydrogen-bond acceptors (Lipinski definition) is 3. The summed E-state index contributed by atoms with van der Waals surface area (Å²) in [4.78, 5) is 25.2. The molecule has 2 N–H and O–H groups in total. The molecule has 0 atom stereocenters. The molecule has 3 aromatic rings. The number of amides is 1. The lowest BCUT2D eigenvalue weighted by molar-refractivity contribution is 0.0699. The number of carbonyl (C=O) groups is 2. The molecule has 0 aliphatic rings. The Labute approximate surface area is 143 Å². The molecule has 120 valence electrons. The van der Waals surface area contributed by atoms with Gasteiger partial charge >= 0.3 is 5.97 Å². The zero-order valence-electron chi connectivity index (χ0n) is 12.9. The zero-order chi connectivity index (χ0) is 17.1. The number of carboxylic acid groups (broad SMARTS) is 1. The molecule has 0 aromatic heterocycles. The van der Waals surface area contributed by atoms with Gasteiger partial charge < -0.3 is 10.4 Å². The summed E-state index contributed by atoms with van der Waals surface area (Å²) >= 11 is 1.62. The van der Waals surface area contributed by atoms with Crippen molar-refractivity contribution in [2.45, 2.75) is 4.90 Å². The molecular formula is C19H15NO3S. The quantitative estimate of drug-likeness (QED) is 0.687. The molecule has 0 radical (unpaired) electrons. The number of nitrogens with one attached hydrogen (secondary N) is 1. The normalized spacial score (nSPS) is 10.5. The number of carbonyl (C=O) groups excluding carboxylic acids is 1. The standard InChI is InChI=1S/C19H15NO3S/c1-24-14-10-8-13(9-11-14)20-18(21)15-6-2-4-12-5-3-7-16(17(12)15)19(22)23/h2-11H,1H3,(H,20,21)(H,22,23). The highest BCUT2D eigenvalue weighted by atomic mass is 32.2. The first-order chi connectivity index (χ1) is 11.6. The molecule has 5 heteroatoms. The van der Waals surface area contributed by atoms with E-state index in [1.165, 1.54) is 6.07 Å². The second-order valence-corrected chi connectivity index (χ2v) is 6.08. The van der Waals surface area contributed by atoms with Gasteiger partial charge in [-0.1, -0.05) is 24.3 Å². The van der Waals surface area contributed by atoms with Crippen LogP contribution in [0.4, 0.5) is 5.69 Å². The van der Waals surface area contributed by atoms with Crippen molar-refractivity contribution in [1.29, 1.82) is 0 Å². The summed E-state index contributed by atoms with van der Waals surface area (Å²) in [5, 5.41) is 13.4. The van der Waals surface area contributed by atoms with E-state index in [2.05, 4.69) is 5.32 Å². The minimum atomic E-state index is -1.05. The van der Waals surface area contributed by atoms with E-state index in [-0.39, 0.29) is 11.5 Å².